The van der Waals surface area contributed by atoms with Gasteiger partial charge in [0.05, 0.1) is 10.7 Å². The molecule has 0 bridgehead atoms. The van der Waals surface area contributed by atoms with Gasteiger partial charge in [-0.15, -0.1) is 0 Å². The number of benzene rings is 2. The Morgan fingerprint density at radius 2 is 2.00 bits per heavy atom. The highest BCUT2D eigenvalue weighted by atomic mass is 127. The third kappa shape index (κ3) is 3.67. The van der Waals surface area contributed by atoms with E-state index in [1.807, 2.05) is 22.6 Å². The van der Waals surface area contributed by atoms with Crippen molar-refractivity contribution in [2.75, 3.05) is 5.32 Å². The van der Waals surface area contributed by atoms with Crippen LogP contribution in [0, 0.1) is 9.39 Å². The molecule has 0 aliphatic heterocycles. The van der Waals surface area contributed by atoms with E-state index in [0.717, 1.165) is 0 Å². The minimum Gasteiger partial charge on any atom is -0.321 e. The zero-order chi connectivity index (χ0) is 14.0. The molecule has 0 aliphatic carbocycles. The average Bonchev–Trinajstić information content (AvgIpc) is 2.36. The van der Waals surface area contributed by atoms with Crippen LogP contribution < -0.4 is 5.32 Å². The van der Waals surface area contributed by atoms with Crippen molar-refractivity contribution >= 4 is 61.7 Å². The van der Waals surface area contributed by atoms with Gasteiger partial charge in [0.1, 0.15) is 5.82 Å². The summed E-state index contributed by atoms with van der Waals surface area (Å²) in [6, 6.07) is 9.08. The number of hydrogen-bond donors (Lipinski definition) is 1. The van der Waals surface area contributed by atoms with E-state index in [1.54, 1.807) is 18.2 Å². The number of carbonyl (C=O) groups excluding carboxylic acids is 1. The molecule has 0 aliphatic rings. The van der Waals surface area contributed by atoms with Crippen molar-refractivity contribution in [3.63, 3.8) is 0 Å². The predicted octanol–water partition coefficient (Wildman–Crippen LogP) is 5.10. The van der Waals surface area contributed by atoms with Crippen molar-refractivity contribution in [1.82, 2.24) is 0 Å². The van der Waals surface area contributed by atoms with Gasteiger partial charge in [0.25, 0.3) is 5.91 Å². The van der Waals surface area contributed by atoms with Crippen LogP contribution in [0.3, 0.4) is 0 Å². The molecule has 2 aromatic rings. The van der Waals surface area contributed by atoms with Gasteiger partial charge in [-0.3, -0.25) is 4.79 Å². The zero-order valence-electron chi connectivity index (χ0n) is 9.38. The van der Waals surface area contributed by atoms with Crippen LogP contribution in [-0.4, -0.2) is 5.91 Å². The molecule has 0 heterocycles. The Kier molecular flexibility index (Phi) is 4.81. The fraction of sp³-hybridized carbons (Fsp3) is 0. The maximum Gasteiger partial charge on any atom is 0.255 e. The monoisotopic (exact) mass is 453 g/mol. The lowest BCUT2D eigenvalue weighted by molar-refractivity contribution is 0.102. The van der Waals surface area contributed by atoms with Gasteiger partial charge in [-0.2, -0.15) is 0 Å². The number of halogens is 4. The number of anilines is 1. The Morgan fingerprint density at radius 1 is 1.26 bits per heavy atom. The number of hydrogen-bond acceptors (Lipinski definition) is 1. The van der Waals surface area contributed by atoms with Crippen molar-refractivity contribution in [3.05, 3.63) is 60.8 Å². The van der Waals surface area contributed by atoms with E-state index < -0.39 is 0 Å². The molecule has 0 spiro atoms. The summed E-state index contributed by atoms with van der Waals surface area (Å²) in [4.78, 5) is 12.0. The van der Waals surface area contributed by atoms with E-state index in [4.69, 9.17) is 11.6 Å². The molecule has 98 valence electrons. The van der Waals surface area contributed by atoms with Gasteiger partial charge < -0.3 is 5.32 Å². The Balaban J connectivity index is 2.23. The lowest BCUT2D eigenvalue weighted by Crippen LogP contribution is -2.12. The predicted molar refractivity (Wildman–Crippen MR) is 86.2 cm³/mol. The molecule has 2 aromatic carbocycles. The highest BCUT2D eigenvalue weighted by Crippen LogP contribution is 2.24. The van der Waals surface area contributed by atoms with Crippen molar-refractivity contribution in [1.29, 1.82) is 0 Å². The largest absolute Gasteiger partial charge is 0.321 e. The Hall–Kier alpha value is -0.660. The molecule has 0 atom stereocenters. The average molecular weight is 454 g/mol. The first-order valence-electron chi connectivity index (χ1n) is 5.19. The van der Waals surface area contributed by atoms with E-state index in [-0.39, 0.29) is 11.7 Å². The molecule has 0 unspecified atom stereocenters. The Morgan fingerprint density at radius 3 is 2.63 bits per heavy atom. The van der Waals surface area contributed by atoms with Gasteiger partial charge in [-0.25, -0.2) is 4.39 Å². The first-order chi connectivity index (χ1) is 8.97. The first-order valence-corrected chi connectivity index (χ1v) is 7.44. The topological polar surface area (TPSA) is 29.1 Å². The molecule has 2 rings (SSSR count). The lowest BCUT2D eigenvalue weighted by atomic mass is 10.2. The summed E-state index contributed by atoms with van der Waals surface area (Å²) in [5.41, 5.74) is 1.04. The van der Waals surface area contributed by atoms with E-state index >= 15 is 0 Å². The van der Waals surface area contributed by atoms with Crippen molar-refractivity contribution < 1.29 is 9.18 Å². The van der Waals surface area contributed by atoms with Crippen LogP contribution in [0.15, 0.2) is 40.9 Å². The number of amides is 1. The summed E-state index contributed by atoms with van der Waals surface area (Å²) >= 11 is 11.1. The van der Waals surface area contributed by atoms with E-state index in [1.165, 1.54) is 18.2 Å². The lowest BCUT2D eigenvalue weighted by Gasteiger charge is -2.08. The van der Waals surface area contributed by atoms with Gasteiger partial charge >= 0.3 is 0 Å². The van der Waals surface area contributed by atoms with Crippen molar-refractivity contribution in [3.8, 4) is 0 Å². The SMILES string of the molecule is O=C(Nc1ccc(F)cc1I)c1ccc(Cl)c(Br)c1. The molecule has 1 amide bonds. The molecule has 0 fully saturated rings. The Bertz CT molecular complexity index is 651. The standard InChI is InChI=1S/C13H7BrClFINO/c14-9-5-7(1-3-10(9)15)13(19)18-12-4-2-8(16)6-11(12)17/h1-6H,(H,18,19). The maximum atomic E-state index is 13.0. The van der Waals surface area contributed by atoms with Crippen LogP contribution in [0.25, 0.3) is 0 Å². The fourth-order valence-corrected chi connectivity index (χ4v) is 2.53. The van der Waals surface area contributed by atoms with Gasteiger partial charge in [-0.05, 0) is 74.9 Å². The summed E-state index contributed by atoms with van der Waals surface area (Å²) < 4.78 is 14.3. The fourth-order valence-electron chi connectivity index (χ4n) is 1.42. The number of nitrogens with one attached hydrogen (secondary N) is 1. The minimum atomic E-state index is -0.336. The molecule has 2 nitrogen and oxygen atoms in total. The van der Waals surface area contributed by atoms with Crippen LogP contribution in [0.4, 0.5) is 10.1 Å². The molecule has 6 heteroatoms. The third-order valence-electron chi connectivity index (χ3n) is 2.36. The quantitative estimate of drug-likeness (QED) is 0.629. The highest BCUT2D eigenvalue weighted by molar-refractivity contribution is 14.1. The van der Waals surface area contributed by atoms with E-state index in [0.29, 0.717) is 24.3 Å². The normalized spacial score (nSPS) is 10.3. The first kappa shape index (κ1) is 14.7. The molecule has 0 saturated heterocycles. The van der Waals surface area contributed by atoms with Gasteiger partial charge in [0.2, 0.25) is 0 Å². The van der Waals surface area contributed by atoms with Gasteiger partial charge in [0, 0.05) is 13.6 Å². The second-order valence-corrected chi connectivity index (χ2v) is 6.13. The molecule has 19 heavy (non-hydrogen) atoms. The second kappa shape index (κ2) is 6.19. The van der Waals surface area contributed by atoms with Crippen LogP contribution in [0.5, 0.6) is 0 Å². The number of rotatable bonds is 2. The molecular weight excluding hydrogens is 447 g/mol. The van der Waals surface area contributed by atoms with Crippen LogP contribution in [-0.2, 0) is 0 Å². The maximum absolute atomic E-state index is 13.0. The molecule has 0 radical (unpaired) electrons. The van der Waals surface area contributed by atoms with Gasteiger partial charge in [0.15, 0.2) is 0 Å². The second-order valence-electron chi connectivity index (χ2n) is 3.71. The Labute approximate surface area is 136 Å². The molecular formula is C13H7BrClFINO. The van der Waals surface area contributed by atoms with E-state index in [2.05, 4.69) is 21.2 Å². The summed E-state index contributed by atoms with van der Waals surface area (Å²) in [5.74, 6) is -0.612. The van der Waals surface area contributed by atoms with Crippen molar-refractivity contribution in [2.45, 2.75) is 0 Å². The van der Waals surface area contributed by atoms with Gasteiger partial charge in [-0.1, -0.05) is 11.6 Å². The van der Waals surface area contributed by atoms with Crippen LogP contribution >= 0.6 is 50.1 Å². The summed E-state index contributed by atoms with van der Waals surface area (Å²) in [6.45, 7) is 0. The molecule has 0 aromatic heterocycles. The molecule has 0 saturated carbocycles. The van der Waals surface area contributed by atoms with Crippen LogP contribution in [0.2, 0.25) is 5.02 Å². The third-order valence-corrected chi connectivity index (χ3v) is 4.47. The zero-order valence-corrected chi connectivity index (χ0v) is 13.9. The van der Waals surface area contributed by atoms with Crippen molar-refractivity contribution in [2.24, 2.45) is 0 Å². The number of carbonyl (C=O) groups is 1. The van der Waals surface area contributed by atoms with E-state index in [9.17, 15) is 9.18 Å². The van der Waals surface area contributed by atoms with Crippen LogP contribution in [0.1, 0.15) is 10.4 Å². The highest BCUT2D eigenvalue weighted by Gasteiger charge is 2.10. The summed E-state index contributed by atoms with van der Waals surface area (Å²) in [6.07, 6.45) is 0. The molecule has 1 N–H and O–H groups in total. The smallest absolute Gasteiger partial charge is 0.255 e. The summed E-state index contributed by atoms with van der Waals surface area (Å²) in [7, 11) is 0. The summed E-state index contributed by atoms with van der Waals surface area (Å²) in [5, 5.41) is 3.26. The minimum absolute atomic E-state index is 0.276.